The molecule has 2 aliphatic heterocycles. The molecule has 0 aliphatic carbocycles. The molecule has 5 rings (SSSR count). The van der Waals surface area contributed by atoms with Gasteiger partial charge in [-0.3, -0.25) is 9.69 Å². The minimum atomic E-state index is -0.663. The molecule has 0 radical (unpaired) electrons. The molecule has 2 fully saturated rings. The van der Waals surface area contributed by atoms with E-state index in [2.05, 4.69) is 15.5 Å². The monoisotopic (exact) mass is 563 g/mol. The molecule has 2 heterocycles. The smallest absolute Gasteiger partial charge is 0.232 e. The Bertz CT molecular complexity index is 1270. The van der Waals surface area contributed by atoms with Gasteiger partial charge in [-0.05, 0) is 86.3 Å². The number of ether oxygens (including phenoxy) is 1. The van der Waals surface area contributed by atoms with E-state index in [1.54, 1.807) is 36.4 Å². The molecule has 5 nitrogen and oxygen atoms in total. The second kappa shape index (κ2) is 13.8. The molecule has 1 amide bonds. The van der Waals surface area contributed by atoms with E-state index >= 15 is 0 Å². The molecule has 216 valence electrons. The number of rotatable bonds is 9. The average molecular weight is 564 g/mol. The number of halogens is 3. The van der Waals surface area contributed by atoms with Crippen molar-refractivity contribution in [2.75, 3.05) is 32.7 Å². The van der Waals surface area contributed by atoms with Gasteiger partial charge < -0.3 is 15.4 Å². The molecule has 3 aromatic rings. The standard InChI is InChI=1S/C33H36F3N3O2/c34-26-8-3-24(4-9-26)32(25-5-10-27(35)11-6-25)33(40)38-28-15-20-39(21-16-28)19-1-2-23-7-12-30(22-31(23)36)41-29-13-17-37-18-14-29/h1-12,22,28-29,32,37H,13-21H2,(H,38,40)/b2-1+. The van der Waals surface area contributed by atoms with Crippen molar-refractivity contribution < 1.29 is 22.7 Å². The molecule has 0 aromatic heterocycles. The minimum Gasteiger partial charge on any atom is -0.490 e. The Morgan fingerprint density at radius 3 is 2.10 bits per heavy atom. The number of piperidine rings is 2. The number of hydrogen-bond acceptors (Lipinski definition) is 4. The summed E-state index contributed by atoms with van der Waals surface area (Å²) in [6, 6.07) is 16.7. The van der Waals surface area contributed by atoms with Crippen LogP contribution in [0.3, 0.4) is 0 Å². The van der Waals surface area contributed by atoms with Crippen molar-refractivity contribution in [1.29, 1.82) is 0 Å². The lowest BCUT2D eigenvalue weighted by Crippen LogP contribution is -2.46. The molecule has 3 aromatic carbocycles. The first-order chi connectivity index (χ1) is 19.9. The molecule has 0 unspecified atom stereocenters. The SMILES string of the molecule is O=C(NC1CCN(C/C=C/c2ccc(OC3CCNCC3)cc2F)CC1)C(c1ccc(F)cc1)c1ccc(F)cc1. The summed E-state index contributed by atoms with van der Waals surface area (Å²) >= 11 is 0. The maximum absolute atomic E-state index is 14.7. The van der Waals surface area contributed by atoms with E-state index in [4.69, 9.17) is 4.74 Å². The van der Waals surface area contributed by atoms with Crippen LogP contribution in [0, 0.1) is 17.5 Å². The van der Waals surface area contributed by atoms with Crippen LogP contribution < -0.4 is 15.4 Å². The molecule has 0 bridgehead atoms. The number of likely N-dealkylation sites (tertiary alicyclic amines) is 1. The Morgan fingerprint density at radius 2 is 1.51 bits per heavy atom. The Hall–Kier alpha value is -3.62. The number of hydrogen-bond donors (Lipinski definition) is 2. The zero-order chi connectivity index (χ0) is 28.6. The highest BCUT2D eigenvalue weighted by Crippen LogP contribution is 2.27. The Morgan fingerprint density at radius 1 is 0.902 bits per heavy atom. The first-order valence-corrected chi connectivity index (χ1v) is 14.3. The highest BCUT2D eigenvalue weighted by Gasteiger charge is 2.27. The van der Waals surface area contributed by atoms with Gasteiger partial charge in [0.05, 0.1) is 5.92 Å². The van der Waals surface area contributed by atoms with Crippen LogP contribution in [0.2, 0.25) is 0 Å². The number of carbonyl (C=O) groups excluding carboxylic acids is 1. The third-order valence-corrected chi connectivity index (χ3v) is 7.82. The van der Waals surface area contributed by atoms with Crippen LogP contribution in [0.15, 0.2) is 72.8 Å². The summed E-state index contributed by atoms with van der Waals surface area (Å²) in [5.41, 5.74) is 1.82. The van der Waals surface area contributed by atoms with Gasteiger partial charge in [-0.15, -0.1) is 0 Å². The van der Waals surface area contributed by atoms with Crippen molar-refractivity contribution in [3.63, 3.8) is 0 Å². The van der Waals surface area contributed by atoms with E-state index in [0.29, 0.717) is 29.0 Å². The van der Waals surface area contributed by atoms with Crippen molar-refractivity contribution in [2.24, 2.45) is 0 Å². The second-order valence-corrected chi connectivity index (χ2v) is 10.8. The van der Waals surface area contributed by atoms with Crippen LogP contribution in [-0.4, -0.2) is 55.7 Å². The highest BCUT2D eigenvalue weighted by atomic mass is 19.1. The van der Waals surface area contributed by atoms with Crippen molar-refractivity contribution in [1.82, 2.24) is 15.5 Å². The number of carbonyl (C=O) groups is 1. The zero-order valence-electron chi connectivity index (χ0n) is 23.0. The zero-order valence-corrected chi connectivity index (χ0v) is 23.0. The van der Waals surface area contributed by atoms with E-state index in [9.17, 15) is 18.0 Å². The fourth-order valence-electron chi connectivity index (χ4n) is 5.50. The topological polar surface area (TPSA) is 53.6 Å². The molecular weight excluding hydrogens is 527 g/mol. The quantitative estimate of drug-likeness (QED) is 0.353. The fraction of sp³-hybridized carbons (Fsp3) is 0.364. The molecule has 8 heteroatoms. The lowest BCUT2D eigenvalue weighted by Gasteiger charge is -2.32. The maximum atomic E-state index is 14.7. The van der Waals surface area contributed by atoms with Gasteiger partial charge in [0.25, 0.3) is 0 Å². The maximum Gasteiger partial charge on any atom is 0.232 e. The van der Waals surface area contributed by atoms with Crippen molar-refractivity contribution in [2.45, 2.75) is 43.7 Å². The predicted molar refractivity (Wildman–Crippen MR) is 154 cm³/mol. The van der Waals surface area contributed by atoms with Gasteiger partial charge in [-0.1, -0.05) is 36.4 Å². The van der Waals surface area contributed by atoms with Gasteiger partial charge >= 0.3 is 0 Å². The van der Waals surface area contributed by atoms with Crippen molar-refractivity contribution >= 4 is 12.0 Å². The third-order valence-electron chi connectivity index (χ3n) is 7.82. The summed E-state index contributed by atoms with van der Waals surface area (Å²) in [4.78, 5) is 15.7. The van der Waals surface area contributed by atoms with Gasteiger partial charge in [-0.2, -0.15) is 0 Å². The van der Waals surface area contributed by atoms with E-state index in [1.807, 2.05) is 12.1 Å². The summed E-state index contributed by atoms with van der Waals surface area (Å²) in [5.74, 6) is -1.35. The van der Waals surface area contributed by atoms with E-state index in [0.717, 1.165) is 51.9 Å². The van der Waals surface area contributed by atoms with Crippen LogP contribution in [-0.2, 0) is 4.79 Å². The summed E-state index contributed by atoms with van der Waals surface area (Å²) < 4.78 is 47.6. The number of nitrogens with zero attached hydrogens (tertiary/aromatic N) is 1. The molecule has 2 N–H and O–H groups in total. The van der Waals surface area contributed by atoms with Gasteiger partial charge in [-0.25, -0.2) is 13.2 Å². The summed E-state index contributed by atoms with van der Waals surface area (Å²) in [6.07, 6.45) is 7.28. The average Bonchev–Trinajstić information content (AvgIpc) is 2.98. The largest absolute Gasteiger partial charge is 0.490 e. The number of amides is 1. The van der Waals surface area contributed by atoms with Crippen molar-refractivity contribution in [3.05, 3.63) is 107 Å². The Kier molecular flexibility index (Phi) is 9.75. The highest BCUT2D eigenvalue weighted by molar-refractivity contribution is 5.87. The number of benzene rings is 3. The predicted octanol–water partition coefficient (Wildman–Crippen LogP) is 5.66. The lowest BCUT2D eigenvalue weighted by molar-refractivity contribution is -0.122. The van der Waals surface area contributed by atoms with Crippen LogP contribution in [0.1, 0.15) is 48.3 Å². The Labute approximate surface area is 239 Å². The molecule has 0 atom stereocenters. The van der Waals surface area contributed by atoms with Gasteiger partial charge in [0, 0.05) is 37.3 Å². The fourth-order valence-corrected chi connectivity index (χ4v) is 5.50. The first kappa shape index (κ1) is 28.9. The molecular formula is C33H36F3N3O2. The molecule has 41 heavy (non-hydrogen) atoms. The van der Waals surface area contributed by atoms with E-state index in [-0.39, 0.29) is 35.5 Å². The first-order valence-electron chi connectivity index (χ1n) is 14.3. The van der Waals surface area contributed by atoms with Crippen molar-refractivity contribution in [3.8, 4) is 5.75 Å². The summed E-state index contributed by atoms with van der Waals surface area (Å²) in [5, 5.41) is 6.45. The van der Waals surface area contributed by atoms with Crippen LogP contribution >= 0.6 is 0 Å². The second-order valence-electron chi connectivity index (χ2n) is 10.8. The van der Waals surface area contributed by atoms with E-state index < -0.39 is 5.92 Å². The molecule has 2 aliphatic rings. The molecule has 2 saturated heterocycles. The molecule has 0 spiro atoms. The molecule has 0 saturated carbocycles. The summed E-state index contributed by atoms with van der Waals surface area (Å²) in [6.45, 7) is 4.10. The van der Waals surface area contributed by atoms with E-state index in [1.165, 1.54) is 30.3 Å². The summed E-state index contributed by atoms with van der Waals surface area (Å²) in [7, 11) is 0. The normalized spacial score (nSPS) is 17.3. The van der Waals surface area contributed by atoms with Crippen LogP contribution in [0.25, 0.3) is 6.08 Å². The number of nitrogens with one attached hydrogen (secondary N) is 2. The van der Waals surface area contributed by atoms with Gasteiger partial charge in [0.1, 0.15) is 29.3 Å². The van der Waals surface area contributed by atoms with Gasteiger partial charge in [0.2, 0.25) is 5.91 Å². The Balaban J connectivity index is 1.12. The third kappa shape index (κ3) is 7.99. The minimum absolute atomic E-state index is 0.00365. The van der Waals surface area contributed by atoms with Crippen LogP contribution in [0.5, 0.6) is 5.75 Å². The van der Waals surface area contributed by atoms with Crippen LogP contribution in [0.4, 0.5) is 13.2 Å². The lowest BCUT2D eigenvalue weighted by atomic mass is 9.89. The van der Waals surface area contributed by atoms with Gasteiger partial charge in [0.15, 0.2) is 0 Å².